The van der Waals surface area contributed by atoms with E-state index in [2.05, 4.69) is 13.2 Å². The Morgan fingerprint density at radius 3 is 2.60 bits per heavy atom. The van der Waals surface area contributed by atoms with Crippen LogP contribution < -0.4 is 5.73 Å². The standard InChI is InChI=1S/C8H13NO/c1-4-5-8(6-9)7(2)10-3/h4-5H,1-2,6,9H2,3H3/b8-5-. The number of hydrogen-bond acceptors (Lipinski definition) is 2. The summed E-state index contributed by atoms with van der Waals surface area (Å²) in [7, 11) is 1.56. The summed E-state index contributed by atoms with van der Waals surface area (Å²) < 4.78 is 4.87. The van der Waals surface area contributed by atoms with E-state index in [0.717, 1.165) is 5.57 Å². The maximum absolute atomic E-state index is 5.38. The largest absolute Gasteiger partial charge is 0.497 e. The molecule has 0 aromatic heterocycles. The van der Waals surface area contributed by atoms with E-state index in [1.807, 2.05) is 0 Å². The molecule has 0 aliphatic rings. The van der Waals surface area contributed by atoms with Crippen LogP contribution in [-0.2, 0) is 4.74 Å². The highest BCUT2D eigenvalue weighted by atomic mass is 16.5. The molecule has 2 N–H and O–H groups in total. The van der Waals surface area contributed by atoms with Crippen molar-refractivity contribution in [3.63, 3.8) is 0 Å². The van der Waals surface area contributed by atoms with Gasteiger partial charge in [0, 0.05) is 12.1 Å². The molecule has 0 rings (SSSR count). The van der Waals surface area contributed by atoms with Crippen LogP contribution in [0.3, 0.4) is 0 Å². The minimum atomic E-state index is 0.429. The molecule has 0 aliphatic carbocycles. The summed E-state index contributed by atoms with van der Waals surface area (Å²) in [6.45, 7) is 7.61. The SMILES string of the molecule is C=C/C=C(/CN)C(=C)OC. The monoisotopic (exact) mass is 139 g/mol. The molecule has 0 bridgehead atoms. The Balaban J connectivity index is 4.19. The molecule has 2 heteroatoms. The van der Waals surface area contributed by atoms with E-state index in [1.54, 1.807) is 19.3 Å². The highest BCUT2D eigenvalue weighted by Crippen LogP contribution is 2.05. The third kappa shape index (κ3) is 2.51. The van der Waals surface area contributed by atoms with Crippen molar-refractivity contribution in [1.82, 2.24) is 0 Å². The van der Waals surface area contributed by atoms with Crippen LogP contribution in [0.1, 0.15) is 0 Å². The molecule has 0 amide bonds. The average Bonchev–Trinajstić information content (AvgIpc) is 1.99. The first-order chi connectivity index (χ1) is 4.76. The molecule has 0 aromatic carbocycles. The van der Waals surface area contributed by atoms with Gasteiger partial charge in [0.15, 0.2) is 0 Å². The van der Waals surface area contributed by atoms with Crippen LogP contribution in [0.5, 0.6) is 0 Å². The molecule has 0 saturated heterocycles. The molecule has 0 saturated carbocycles. The first-order valence-corrected chi connectivity index (χ1v) is 3.01. The number of hydrogen-bond donors (Lipinski definition) is 1. The van der Waals surface area contributed by atoms with Gasteiger partial charge in [0.1, 0.15) is 5.76 Å². The Morgan fingerprint density at radius 2 is 2.30 bits per heavy atom. The van der Waals surface area contributed by atoms with Crippen molar-refractivity contribution in [1.29, 1.82) is 0 Å². The van der Waals surface area contributed by atoms with E-state index >= 15 is 0 Å². The van der Waals surface area contributed by atoms with Gasteiger partial charge in [0.2, 0.25) is 0 Å². The van der Waals surface area contributed by atoms with E-state index < -0.39 is 0 Å². The first-order valence-electron chi connectivity index (χ1n) is 3.01. The van der Waals surface area contributed by atoms with Gasteiger partial charge in [0.25, 0.3) is 0 Å². The van der Waals surface area contributed by atoms with Gasteiger partial charge in [-0.05, 0) is 0 Å². The Labute approximate surface area is 61.7 Å². The second kappa shape index (κ2) is 4.82. The minimum absolute atomic E-state index is 0.429. The maximum atomic E-state index is 5.38. The topological polar surface area (TPSA) is 35.2 Å². The predicted octanol–water partition coefficient (Wildman–Crippen LogP) is 1.22. The molecular formula is C8H13NO. The molecule has 0 atom stereocenters. The molecule has 0 heterocycles. The van der Waals surface area contributed by atoms with E-state index in [0.29, 0.717) is 12.3 Å². The van der Waals surface area contributed by atoms with Crippen LogP contribution in [-0.4, -0.2) is 13.7 Å². The molecule has 0 radical (unpaired) electrons. The van der Waals surface area contributed by atoms with Crippen LogP contribution >= 0.6 is 0 Å². The molecule has 0 spiro atoms. The van der Waals surface area contributed by atoms with Crippen molar-refractivity contribution in [2.24, 2.45) is 5.73 Å². The second-order valence-corrected chi connectivity index (χ2v) is 1.76. The number of nitrogens with two attached hydrogens (primary N) is 1. The summed E-state index contributed by atoms with van der Waals surface area (Å²) >= 11 is 0. The molecule has 0 aromatic rings. The van der Waals surface area contributed by atoms with Crippen molar-refractivity contribution in [3.8, 4) is 0 Å². The fourth-order valence-corrected chi connectivity index (χ4v) is 0.548. The van der Waals surface area contributed by atoms with Gasteiger partial charge in [-0.3, -0.25) is 0 Å². The summed E-state index contributed by atoms with van der Waals surface area (Å²) in [5, 5.41) is 0. The fourth-order valence-electron chi connectivity index (χ4n) is 0.548. The number of methoxy groups -OCH3 is 1. The van der Waals surface area contributed by atoms with Gasteiger partial charge < -0.3 is 10.5 Å². The van der Waals surface area contributed by atoms with E-state index in [4.69, 9.17) is 10.5 Å². The zero-order valence-electron chi connectivity index (χ0n) is 6.26. The average molecular weight is 139 g/mol. The lowest BCUT2D eigenvalue weighted by Gasteiger charge is -2.04. The van der Waals surface area contributed by atoms with Crippen molar-refractivity contribution in [2.75, 3.05) is 13.7 Å². The van der Waals surface area contributed by atoms with Gasteiger partial charge >= 0.3 is 0 Å². The highest BCUT2D eigenvalue weighted by molar-refractivity contribution is 5.27. The molecule has 0 fully saturated rings. The molecular weight excluding hydrogens is 126 g/mol. The third-order valence-corrected chi connectivity index (χ3v) is 1.14. The first kappa shape index (κ1) is 8.98. The van der Waals surface area contributed by atoms with Crippen LogP contribution in [0.2, 0.25) is 0 Å². The van der Waals surface area contributed by atoms with Crippen LogP contribution in [0.25, 0.3) is 0 Å². The fraction of sp³-hybridized carbons (Fsp3) is 0.250. The highest BCUT2D eigenvalue weighted by Gasteiger charge is 1.96. The Bertz CT molecular complexity index is 159. The summed E-state index contributed by atoms with van der Waals surface area (Å²) in [6.07, 6.45) is 3.44. The number of ether oxygens (including phenoxy) is 1. The van der Waals surface area contributed by atoms with E-state index in [9.17, 15) is 0 Å². The maximum Gasteiger partial charge on any atom is 0.116 e. The van der Waals surface area contributed by atoms with Crippen molar-refractivity contribution < 1.29 is 4.74 Å². The summed E-state index contributed by atoms with van der Waals surface area (Å²) in [5.41, 5.74) is 6.25. The van der Waals surface area contributed by atoms with Gasteiger partial charge in [-0.2, -0.15) is 0 Å². The Morgan fingerprint density at radius 1 is 1.70 bits per heavy atom. The smallest absolute Gasteiger partial charge is 0.116 e. The molecule has 0 unspecified atom stereocenters. The zero-order chi connectivity index (χ0) is 7.98. The van der Waals surface area contributed by atoms with Crippen molar-refractivity contribution >= 4 is 0 Å². The van der Waals surface area contributed by atoms with Gasteiger partial charge in [0.05, 0.1) is 7.11 Å². The van der Waals surface area contributed by atoms with E-state index in [1.165, 1.54) is 0 Å². The minimum Gasteiger partial charge on any atom is -0.497 e. The summed E-state index contributed by atoms with van der Waals surface area (Å²) in [6, 6.07) is 0. The zero-order valence-corrected chi connectivity index (χ0v) is 6.26. The normalized spacial score (nSPS) is 10.8. The number of allylic oxidation sites excluding steroid dienone is 2. The van der Waals surface area contributed by atoms with Crippen LogP contribution in [0.4, 0.5) is 0 Å². The summed E-state index contributed by atoms with van der Waals surface area (Å²) in [4.78, 5) is 0. The lowest BCUT2D eigenvalue weighted by molar-refractivity contribution is 0.302. The molecule has 2 nitrogen and oxygen atoms in total. The molecule has 0 aliphatic heterocycles. The molecule has 10 heavy (non-hydrogen) atoms. The number of rotatable bonds is 4. The lowest BCUT2D eigenvalue weighted by Crippen LogP contribution is -2.05. The van der Waals surface area contributed by atoms with Gasteiger partial charge in [-0.25, -0.2) is 0 Å². The van der Waals surface area contributed by atoms with Crippen LogP contribution in [0, 0.1) is 0 Å². The Hall–Kier alpha value is -1.02. The second-order valence-electron chi connectivity index (χ2n) is 1.76. The Kier molecular flexibility index (Phi) is 4.33. The summed E-state index contributed by atoms with van der Waals surface area (Å²) in [5.74, 6) is 0.599. The molecule has 56 valence electrons. The quantitative estimate of drug-likeness (QED) is 0.469. The lowest BCUT2D eigenvalue weighted by atomic mass is 10.2. The van der Waals surface area contributed by atoms with Crippen LogP contribution in [0.15, 0.2) is 36.6 Å². The van der Waals surface area contributed by atoms with Crippen molar-refractivity contribution in [2.45, 2.75) is 0 Å². The predicted molar refractivity (Wildman–Crippen MR) is 43.5 cm³/mol. The van der Waals surface area contributed by atoms with Gasteiger partial charge in [-0.15, -0.1) is 0 Å². The van der Waals surface area contributed by atoms with Gasteiger partial charge in [-0.1, -0.05) is 25.3 Å². The third-order valence-electron chi connectivity index (χ3n) is 1.14. The van der Waals surface area contributed by atoms with E-state index in [-0.39, 0.29) is 0 Å². The van der Waals surface area contributed by atoms with Crippen molar-refractivity contribution in [3.05, 3.63) is 36.6 Å².